The zero-order chi connectivity index (χ0) is 20.2. The largest absolute Gasteiger partial charge is 0.444 e. The van der Waals surface area contributed by atoms with Gasteiger partial charge in [-0.2, -0.15) is 0 Å². The molecule has 0 aliphatic rings. The zero-order valence-corrected chi connectivity index (χ0v) is 18.3. The van der Waals surface area contributed by atoms with Gasteiger partial charge in [-0.1, -0.05) is 51.1 Å². The van der Waals surface area contributed by atoms with E-state index in [1.807, 2.05) is 30.3 Å². The first-order valence-electron chi connectivity index (χ1n) is 8.94. The van der Waals surface area contributed by atoms with Crippen molar-refractivity contribution in [3.63, 3.8) is 0 Å². The van der Waals surface area contributed by atoms with E-state index in [0.29, 0.717) is 6.29 Å². The first-order valence-corrected chi connectivity index (χ1v) is 11.9. The number of alkyl carbamates (subject to hydrolysis) is 1. The van der Waals surface area contributed by atoms with Crippen molar-refractivity contribution in [2.75, 3.05) is 0 Å². The Morgan fingerprint density at radius 2 is 1.62 bits per heavy atom. The van der Waals surface area contributed by atoms with Crippen molar-refractivity contribution < 1.29 is 18.8 Å². The van der Waals surface area contributed by atoms with Crippen LogP contribution in [0.25, 0.3) is 0 Å². The van der Waals surface area contributed by atoms with Gasteiger partial charge in [-0.05, 0) is 44.5 Å². The summed E-state index contributed by atoms with van der Waals surface area (Å²) < 4.78 is 11.8. The molecule has 1 rings (SSSR count). The van der Waals surface area contributed by atoms with Crippen molar-refractivity contribution in [3.8, 4) is 0 Å². The molecule has 1 amide bonds. The molecule has 0 radical (unpaired) electrons. The fraction of sp³-hybridized carbons (Fsp3) is 0.600. The van der Waals surface area contributed by atoms with E-state index >= 15 is 0 Å². The van der Waals surface area contributed by atoms with E-state index in [0.717, 1.165) is 5.56 Å². The summed E-state index contributed by atoms with van der Waals surface area (Å²) in [6.07, 6.45) is -0.481. The van der Waals surface area contributed by atoms with Gasteiger partial charge in [0.25, 0.3) is 0 Å². The Kier molecular flexibility index (Phi) is 7.19. The quantitative estimate of drug-likeness (QED) is 0.567. The van der Waals surface area contributed by atoms with Crippen LogP contribution in [0.1, 0.15) is 53.2 Å². The molecule has 0 saturated heterocycles. The number of ether oxygens (including phenoxy) is 1. The third kappa shape index (κ3) is 6.57. The highest BCUT2D eigenvalue weighted by Crippen LogP contribution is 2.40. The third-order valence-electron chi connectivity index (χ3n) is 4.51. The van der Waals surface area contributed by atoms with Crippen molar-refractivity contribution in [1.82, 2.24) is 5.32 Å². The second-order valence-corrected chi connectivity index (χ2v) is 13.8. The summed E-state index contributed by atoms with van der Waals surface area (Å²) in [5.74, 6) is 0. The Bertz CT molecular complexity index is 602. The van der Waals surface area contributed by atoms with Crippen LogP contribution in [0.15, 0.2) is 30.3 Å². The third-order valence-corrected chi connectivity index (χ3v) is 8.97. The van der Waals surface area contributed by atoms with E-state index in [-0.39, 0.29) is 5.04 Å². The number of rotatable bonds is 6. The summed E-state index contributed by atoms with van der Waals surface area (Å²) >= 11 is 0. The molecule has 1 aromatic rings. The summed E-state index contributed by atoms with van der Waals surface area (Å²) in [6, 6.07) is 8.68. The molecular weight excluding hydrogens is 346 g/mol. The molecule has 0 heterocycles. The maximum absolute atomic E-state index is 12.2. The minimum absolute atomic E-state index is 0.0284. The average molecular weight is 380 g/mol. The highest BCUT2D eigenvalue weighted by atomic mass is 28.4. The normalized spacial score (nSPS) is 15.1. The number of nitrogens with one attached hydrogen (secondary N) is 1. The topological polar surface area (TPSA) is 64.6 Å². The number of carbonyl (C=O) groups is 2. The van der Waals surface area contributed by atoms with Gasteiger partial charge in [0.05, 0.1) is 6.10 Å². The number of benzene rings is 1. The molecule has 0 bridgehead atoms. The van der Waals surface area contributed by atoms with Crippen molar-refractivity contribution >= 4 is 20.7 Å². The van der Waals surface area contributed by atoms with Gasteiger partial charge in [0.2, 0.25) is 0 Å². The first-order chi connectivity index (χ1) is 11.8. The Balaban J connectivity index is 3.14. The highest BCUT2D eigenvalue weighted by molar-refractivity contribution is 6.74. The van der Waals surface area contributed by atoms with E-state index in [4.69, 9.17) is 9.16 Å². The van der Waals surface area contributed by atoms with Crippen molar-refractivity contribution in [2.24, 2.45) is 0 Å². The zero-order valence-electron chi connectivity index (χ0n) is 17.3. The molecule has 0 saturated carbocycles. The molecule has 0 aromatic heterocycles. The van der Waals surface area contributed by atoms with Gasteiger partial charge in [-0.15, -0.1) is 0 Å². The Morgan fingerprint density at radius 3 is 2.04 bits per heavy atom. The highest BCUT2D eigenvalue weighted by Gasteiger charge is 2.41. The molecule has 5 nitrogen and oxygen atoms in total. The Labute approximate surface area is 158 Å². The van der Waals surface area contributed by atoms with Crippen LogP contribution in [0.4, 0.5) is 4.79 Å². The fourth-order valence-electron chi connectivity index (χ4n) is 2.11. The lowest BCUT2D eigenvalue weighted by Gasteiger charge is -2.40. The van der Waals surface area contributed by atoms with Crippen LogP contribution < -0.4 is 5.32 Å². The number of aldehydes is 1. The van der Waals surface area contributed by atoms with Gasteiger partial charge in [0.1, 0.15) is 17.9 Å². The number of carbonyl (C=O) groups excluding carboxylic acids is 2. The standard InChI is InChI=1S/C20H33NO4Si/c1-19(2,3)24-18(23)21-16(14-22)17(15-12-10-9-11-13-15)25-26(7,8)20(4,5)6/h9-14,16-17H,1-8H3,(H,21,23)/t16-,17-/m1/s1. The van der Waals surface area contributed by atoms with E-state index in [2.05, 4.69) is 39.2 Å². The van der Waals surface area contributed by atoms with Gasteiger partial charge in [0, 0.05) is 0 Å². The van der Waals surface area contributed by atoms with Gasteiger partial charge in [-0.25, -0.2) is 4.79 Å². The molecule has 146 valence electrons. The van der Waals surface area contributed by atoms with Crippen LogP contribution in [0.3, 0.4) is 0 Å². The molecule has 0 aliphatic carbocycles. The monoisotopic (exact) mass is 379 g/mol. The SMILES string of the molecule is CC(C)(C)OC(=O)N[C@H](C=O)[C@H](O[Si](C)(C)C(C)(C)C)c1ccccc1. The predicted molar refractivity (Wildman–Crippen MR) is 107 cm³/mol. The van der Waals surface area contributed by atoms with E-state index in [1.54, 1.807) is 20.8 Å². The second kappa shape index (κ2) is 8.35. The van der Waals surface area contributed by atoms with Crippen molar-refractivity contribution in [3.05, 3.63) is 35.9 Å². The molecule has 0 aliphatic heterocycles. The van der Waals surface area contributed by atoms with Gasteiger partial charge >= 0.3 is 6.09 Å². The smallest absolute Gasteiger partial charge is 0.408 e. The number of hydrogen-bond donors (Lipinski definition) is 1. The Morgan fingerprint density at radius 1 is 1.08 bits per heavy atom. The molecule has 0 unspecified atom stereocenters. The maximum Gasteiger partial charge on any atom is 0.408 e. The van der Waals surface area contributed by atoms with E-state index in [9.17, 15) is 9.59 Å². The summed E-state index contributed by atoms with van der Waals surface area (Å²) in [5.41, 5.74) is 0.213. The minimum Gasteiger partial charge on any atom is -0.444 e. The van der Waals surface area contributed by atoms with Gasteiger partial charge in [0.15, 0.2) is 8.32 Å². The molecule has 26 heavy (non-hydrogen) atoms. The molecule has 1 aromatic carbocycles. The molecule has 2 atom stereocenters. The van der Waals surface area contributed by atoms with Crippen LogP contribution in [0.2, 0.25) is 18.1 Å². The Hall–Kier alpha value is -1.66. The lowest BCUT2D eigenvalue weighted by atomic mass is 10.0. The van der Waals surface area contributed by atoms with E-state index < -0.39 is 32.2 Å². The van der Waals surface area contributed by atoms with Gasteiger partial charge in [-0.3, -0.25) is 0 Å². The average Bonchev–Trinajstić information content (AvgIpc) is 2.48. The number of amides is 1. The summed E-state index contributed by atoms with van der Waals surface area (Å²) in [7, 11) is -2.18. The minimum atomic E-state index is -2.18. The first kappa shape index (κ1) is 22.4. The van der Waals surface area contributed by atoms with Crippen LogP contribution in [0.5, 0.6) is 0 Å². The van der Waals surface area contributed by atoms with Crippen molar-refractivity contribution in [1.29, 1.82) is 0 Å². The summed E-state index contributed by atoms with van der Waals surface area (Å²) in [6.45, 7) is 16.0. The predicted octanol–water partition coefficient (Wildman–Crippen LogP) is 4.84. The molecule has 6 heteroatoms. The molecule has 1 N–H and O–H groups in total. The summed E-state index contributed by atoms with van der Waals surface area (Å²) in [4.78, 5) is 24.0. The maximum atomic E-state index is 12.2. The fourth-order valence-corrected chi connectivity index (χ4v) is 3.38. The summed E-state index contributed by atoms with van der Waals surface area (Å²) in [5, 5.41) is 2.64. The van der Waals surface area contributed by atoms with Gasteiger partial charge < -0.3 is 19.3 Å². The van der Waals surface area contributed by atoms with E-state index in [1.165, 1.54) is 0 Å². The van der Waals surface area contributed by atoms with Crippen LogP contribution in [-0.2, 0) is 14.0 Å². The second-order valence-electron chi connectivity index (χ2n) is 9.02. The lowest BCUT2D eigenvalue weighted by Crippen LogP contribution is -2.49. The molecular formula is C20H33NO4Si. The van der Waals surface area contributed by atoms with Crippen LogP contribution in [0, 0.1) is 0 Å². The molecule has 0 fully saturated rings. The lowest BCUT2D eigenvalue weighted by molar-refractivity contribution is -0.111. The molecule has 0 spiro atoms. The van der Waals surface area contributed by atoms with Crippen molar-refractivity contribution in [2.45, 2.75) is 77.4 Å². The van der Waals surface area contributed by atoms with Crippen LogP contribution in [-0.4, -0.2) is 32.3 Å². The van der Waals surface area contributed by atoms with Crippen LogP contribution >= 0.6 is 0 Å². The number of hydrogen-bond acceptors (Lipinski definition) is 4.